The van der Waals surface area contributed by atoms with Crippen LogP contribution in [0, 0.1) is 5.92 Å². The Hall–Kier alpha value is -1.83. The average Bonchev–Trinajstić information content (AvgIpc) is 2.46. The summed E-state index contributed by atoms with van der Waals surface area (Å²) in [5.41, 5.74) is 0. The number of carboxylic acids is 1. The summed E-state index contributed by atoms with van der Waals surface area (Å²) in [5, 5.41) is 20.6. The Morgan fingerprint density at radius 3 is 2.50 bits per heavy atom. The zero-order valence-corrected chi connectivity index (χ0v) is 11.1. The molecule has 2 heterocycles. The number of piperidine rings is 1. The van der Waals surface area contributed by atoms with Gasteiger partial charge in [0.05, 0.1) is 0 Å². The van der Waals surface area contributed by atoms with Gasteiger partial charge in [-0.15, -0.1) is 0 Å². The van der Waals surface area contributed by atoms with Gasteiger partial charge in [-0.1, -0.05) is 0 Å². The third kappa shape index (κ3) is 3.01. The van der Waals surface area contributed by atoms with E-state index in [4.69, 9.17) is 10.2 Å². The monoisotopic (exact) mass is 285 g/mol. The SMILES string of the molecule is O=C1CN(C(=O)N2CCC(CO)CC2)C(C(=O)O)CN1. The molecule has 0 aromatic rings. The number of hydrogen-bond donors (Lipinski definition) is 3. The number of carbonyl (C=O) groups is 3. The summed E-state index contributed by atoms with van der Waals surface area (Å²) in [5.74, 6) is -1.27. The molecule has 2 fully saturated rings. The zero-order chi connectivity index (χ0) is 14.7. The molecule has 3 N–H and O–H groups in total. The summed E-state index contributed by atoms with van der Waals surface area (Å²) in [6, 6.07) is -1.43. The number of aliphatic carboxylic acids is 1. The first-order valence-electron chi connectivity index (χ1n) is 6.69. The number of carboxylic acid groups (broad SMARTS) is 1. The number of likely N-dealkylation sites (tertiary alicyclic amines) is 1. The largest absolute Gasteiger partial charge is 0.480 e. The van der Waals surface area contributed by atoms with Crippen molar-refractivity contribution in [3.63, 3.8) is 0 Å². The molecule has 0 bridgehead atoms. The molecule has 2 aliphatic heterocycles. The Balaban J connectivity index is 2.02. The lowest BCUT2D eigenvalue weighted by Gasteiger charge is -2.39. The summed E-state index contributed by atoms with van der Waals surface area (Å²) in [7, 11) is 0. The molecule has 0 radical (unpaired) electrons. The van der Waals surface area contributed by atoms with Gasteiger partial charge in [0.25, 0.3) is 0 Å². The van der Waals surface area contributed by atoms with Gasteiger partial charge in [0, 0.05) is 26.2 Å². The third-order valence-electron chi connectivity index (χ3n) is 3.86. The van der Waals surface area contributed by atoms with E-state index in [1.807, 2.05) is 0 Å². The summed E-state index contributed by atoms with van der Waals surface area (Å²) in [6.45, 7) is 0.775. The highest BCUT2D eigenvalue weighted by Gasteiger charge is 2.38. The minimum Gasteiger partial charge on any atom is -0.480 e. The molecule has 2 saturated heterocycles. The summed E-state index contributed by atoms with van der Waals surface area (Å²) < 4.78 is 0. The number of amides is 3. The van der Waals surface area contributed by atoms with Crippen LogP contribution in [0.2, 0.25) is 0 Å². The fourth-order valence-corrected chi connectivity index (χ4v) is 2.55. The molecule has 1 unspecified atom stereocenters. The molecular formula is C12H19N3O5. The average molecular weight is 285 g/mol. The number of piperazine rings is 1. The lowest BCUT2D eigenvalue weighted by Crippen LogP contribution is -2.62. The molecule has 8 nitrogen and oxygen atoms in total. The van der Waals surface area contributed by atoms with Crippen molar-refractivity contribution in [2.75, 3.05) is 32.8 Å². The highest BCUT2D eigenvalue weighted by Crippen LogP contribution is 2.19. The van der Waals surface area contributed by atoms with Gasteiger partial charge in [-0.3, -0.25) is 9.69 Å². The van der Waals surface area contributed by atoms with Crippen LogP contribution in [0.5, 0.6) is 0 Å². The van der Waals surface area contributed by atoms with Crippen LogP contribution in [-0.4, -0.2) is 76.7 Å². The topological polar surface area (TPSA) is 110 Å². The quantitative estimate of drug-likeness (QED) is 0.584. The molecule has 1 atom stereocenters. The van der Waals surface area contributed by atoms with Crippen molar-refractivity contribution in [3.8, 4) is 0 Å². The van der Waals surface area contributed by atoms with E-state index in [2.05, 4.69) is 5.32 Å². The molecule has 0 saturated carbocycles. The number of rotatable bonds is 2. The highest BCUT2D eigenvalue weighted by atomic mass is 16.4. The second kappa shape index (κ2) is 6.08. The van der Waals surface area contributed by atoms with Crippen molar-refractivity contribution >= 4 is 17.9 Å². The smallest absolute Gasteiger partial charge is 0.328 e. The fraction of sp³-hybridized carbons (Fsp3) is 0.750. The van der Waals surface area contributed by atoms with Gasteiger partial charge >= 0.3 is 12.0 Å². The van der Waals surface area contributed by atoms with Crippen LogP contribution in [0.1, 0.15) is 12.8 Å². The van der Waals surface area contributed by atoms with Gasteiger partial charge in [-0.25, -0.2) is 9.59 Å². The number of aliphatic hydroxyl groups is 1. The van der Waals surface area contributed by atoms with Crippen molar-refractivity contribution in [1.29, 1.82) is 0 Å². The van der Waals surface area contributed by atoms with Crippen molar-refractivity contribution in [2.24, 2.45) is 5.92 Å². The molecule has 0 aliphatic carbocycles. The molecule has 2 rings (SSSR count). The van der Waals surface area contributed by atoms with Gasteiger partial charge < -0.3 is 20.4 Å². The molecule has 112 valence electrons. The molecular weight excluding hydrogens is 266 g/mol. The third-order valence-corrected chi connectivity index (χ3v) is 3.86. The lowest BCUT2D eigenvalue weighted by atomic mass is 9.98. The Morgan fingerprint density at radius 2 is 1.95 bits per heavy atom. The van der Waals surface area contributed by atoms with Crippen molar-refractivity contribution in [3.05, 3.63) is 0 Å². The maximum Gasteiger partial charge on any atom is 0.328 e. The van der Waals surface area contributed by atoms with Gasteiger partial charge in [-0.2, -0.15) is 0 Å². The Morgan fingerprint density at radius 1 is 1.30 bits per heavy atom. The Bertz CT molecular complexity index is 406. The van der Waals surface area contributed by atoms with E-state index in [1.54, 1.807) is 4.90 Å². The summed E-state index contributed by atoms with van der Waals surface area (Å²) in [6.07, 6.45) is 1.39. The van der Waals surface area contributed by atoms with Crippen LogP contribution >= 0.6 is 0 Å². The van der Waals surface area contributed by atoms with E-state index in [1.165, 1.54) is 0 Å². The number of nitrogens with one attached hydrogen (secondary N) is 1. The second-order valence-electron chi connectivity index (χ2n) is 5.18. The maximum atomic E-state index is 12.4. The summed E-state index contributed by atoms with van der Waals surface area (Å²) >= 11 is 0. The minimum atomic E-state index is -1.12. The van der Waals surface area contributed by atoms with Crippen LogP contribution in [-0.2, 0) is 9.59 Å². The maximum absolute atomic E-state index is 12.4. The number of carbonyl (C=O) groups excluding carboxylic acids is 2. The van der Waals surface area contributed by atoms with Crippen LogP contribution in [0.3, 0.4) is 0 Å². The van der Waals surface area contributed by atoms with E-state index < -0.39 is 18.0 Å². The number of hydrogen-bond acceptors (Lipinski definition) is 4. The predicted octanol–water partition coefficient (Wildman–Crippen LogP) is -1.30. The van der Waals surface area contributed by atoms with E-state index >= 15 is 0 Å². The summed E-state index contributed by atoms with van der Waals surface area (Å²) in [4.78, 5) is 37.6. The van der Waals surface area contributed by atoms with E-state index in [-0.39, 0.29) is 31.5 Å². The molecule has 8 heteroatoms. The second-order valence-corrected chi connectivity index (χ2v) is 5.18. The molecule has 0 aromatic heterocycles. The standard InChI is InChI=1S/C12H19N3O5/c16-7-8-1-3-14(4-2-8)12(20)15-6-10(17)13-5-9(15)11(18)19/h8-9,16H,1-7H2,(H,13,17)(H,18,19). The van der Waals surface area contributed by atoms with Crippen LogP contribution in [0.15, 0.2) is 0 Å². The normalized spacial score (nSPS) is 24.4. The minimum absolute atomic E-state index is 0.0625. The fourth-order valence-electron chi connectivity index (χ4n) is 2.55. The Labute approximate surface area is 116 Å². The van der Waals surface area contributed by atoms with E-state index in [0.29, 0.717) is 25.9 Å². The van der Waals surface area contributed by atoms with Crippen LogP contribution in [0.25, 0.3) is 0 Å². The highest BCUT2D eigenvalue weighted by molar-refractivity contribution is 5.90. The first-order valence-corrected chi connectivity index (χ1v) is 6.69. The zero-order valence-electron chi connectivity index (χ0n) is 11.1. The molecule has 0 spiro atoms. The molecule has 0 aromatic carbocycles. The van der Waals surface area contributed by atoms with Gasteiger partial charge in [-0.05, 0) is 18.8 Å². The molecule has 2 aliphatic rings. The number of urea groups is 1. The van der Waals surface area contributed by atoms with Gasteiger partial charge in [0.15, 0.2) is 0 Å². The van der Waals surface area contributed by atoms with E-state index in [0.717, 1.165) is 4.90 Å². The van der Waals surface area contributed by atoms with Crippen molar-refractivity contribution in [1.82, 2.24) is 15.1 Å². The van der Waals surface area contributed by atoms with Crippen LogP contribution < -0.4 is 5.32 Å². The first kappa shape index (κ1) is 14.6. The van der Waals surface area contributed by atoms with Gasteiger partial charge in [0.2, 0.25) is 5.91 Å². The predicted molar refractivity (Wildman–Crippen MR) is 67.9 cm³/mol. The lowest BCUT2D eigenvalue weighted by molar-refractivity contribution is -0.144. The van der Waals surface area contributed by atoms with Crippen molar-refractivity contribution in [2.45, 2.75) is 18.9 Å². The first-order chi connectivity index (χ1) is 9.52. The van der Waals surface area contributed by atoms with Crippen LogP contribution in [0.4, 0.5) is 4.79 Å². The van der Waals surface area contributed by atoms with Gasteiger partial charge in [0.1, 0.15) is 12.6 Å². The molecule has 3 amide bonds. The van der Waals surface area contributed by atoms with E-state index in [9.17, 15) is 14.4 Å². The number of nitrogens with zero attached hydrogens (tertiary/aromatic N) is 2. The molecule has 20 heavy (non-hydrogen) atoms. The number of aliphatic hydroxyl groups excluding tert-OH is 1. The Kier molecular flexibility index (Phi) is 4.43. The van der Waals surface area contributed by atoms with Crippen molar-refractivity contribution < 1.29 is 24.6 Å².